The molecular formula is C22H28N4O3S2. The third-order valence-corrected chi connectivity index (χ3v) is 6.84. The Balaban J connectivity index is 2.25. The van der Waals surface area contributed by atoms with Gasteiger partial charge in [0.1, 0.15) is 21.8 Å². The van der Waals surface area contributed by atoms with Crippen molar-refractivity contribution in [2.24, 2.45) is 0 Å². The minimum atomic E-state index is -0.276. The fourth-order valence-electron chi connectivity index (χ4n) is 3.84. The van der Waals surface area contributed by atoms with Crippen molar-refractivity contribution in [3.05, 3.63) is 31.9 Å². The molecule has 0 aliphatic carbocycles. The summed E-state index contributed by atoms with van der Waals surface area (Å²) >= 11 is 6.69. The van der Waals surface area contributed by atoms with Gasteiger partial charge in [0.2, 0.25) is 0 Å². The summed E-state index contributed by atoms with van der Waals surface area (Å²) in [5.41, 5.74) is 1.18. The molecule has 2 aliphatic heterocycles. The zero-order chi connectivity index (χ0) is 22.7. The largest absolute Gasteiger partial charge is 0.378 e. The molecule has 0 saturated carbocycles. The zero-order valence-corrected chi connectivity index (χ0v) is 20.1. The molecule has 0 atom stereocenters. The maximum atomic E-state index is 13.2. The number of carbonyl (C=O) groups excluding carboxylic acids is 1. The SMILES string of the molecule is CCCCn1c(N2CCOCC2)c(C=C2SC(=S)N(C(C)C)C2=O)c(C)c(C#N)c1=O. The summed E-state index contributed by atoms with van der Waals surface area (Å²) in [7, 11) is 0. The van der Waals surface area contributed by atoms with Crippen molar-refractivity contribution in [3.8, 4) is 6.07 Å². The Morgan fingerprint density at radius 2 is 1.97 bits per heavy atom. The molecular weight excluding hydrogens is 432 g/mol. The molecule has 1 amide bonds. The summed E-state index contributed by atoms with van der Waals surface area (Å²) in [4.78, 5) is 30.5. The van der Waals surface area contributed by atoms with Gasteiger partial charge in [-0.2, -0.15) is 5.26 Å². The topological polar surface area (TPSA) is 78.6 Å². The Morgan fingerprint density at radius 1 is 1.29 bits per heavy atom. The van der Waals surface area contributed by atoms with Gasteiger partial charge in [-0.05, 0) is 38.8 Å². The molecule has 2 fully saturated rings. The van der Waals surface area contributed by atoms with Crippen molar-refractivity contribution in [1.82, 2.24) is 9.47 Å². The molecule has 0 N–H and O–H groups in total. The van der Waals surface area contributed by atoms with E-state index in [0.29, 0.717) is 47.6 Å². The Bertz CT molecular complexity index is 1020. The van der Waals surface area contributed by atoms with E-state index in [1.807, 2.05) is 19.9 Å². The van der Waals surface area contributed by atoms with Crippen molar-refractivity contribution < 1.29 is 9.53 Å². The number of rotatable bonds is 6. The number of thiocarbonyl (C=S) groups is 1. The Hall–Kier alpha value is -2.15. The standard InChI is InChI=1S/C22H28N4O3S2/c1-5-6-7-25-19(24-8-10-29-11-9-24)16(15(4)17(13-23)20(25)27)12-18-21(28)26(14(2)3)22(30)31-18/h12,14H,5-11H2,1-4H3. The van der Waals surface area contributed by atoms with Crippen LogP contribution in [0.25, 0.3) is 6.08 Å². The number of nitrogens with zero attached hydrogens (tertiary/aromatic N) is 4. The number of ether oxygens (including phenoxy) is 1. The number of nitriles is 1. The van der Waals surface area contributed by atoms with Crippen LogP contribution in [0.15, 0.2) is 9.70 Å². The predicted octanol–water partition coefficient (Wildman–Crippen LogP) is 3.27. The number of hydrogen-bond donors (Lipinski definition) is 0. The predicted molar refractivity (Wildman–Crippen MR) is 128 cm³/mol. The zero-order valence-electron chi connectivity index (χ0n) is 18.4. The lowest BCUT2D eigenvalue weighted by Crippen LogP contribution is -2.41. The van der Waals surface area contributed by atoms with Gasteiger partial charge >= 0.3 is 0 Å². The molecule has 9 heteroatoms. The van der Waals surface area contributed by atoms with Crippen LogP contribution in [0.1, 0.15) is 50.3 Å². The highest BCUT2D eigenvalue weighted by molar-refractivity contribution is 8.26. The quantitative estimate of drug-likeness (QED) is 0.476. The fraction of sp³-hybridized carbons (Fsp3) is 0.545. The van der Waals surface area contributed by atoms with E-state index in [1.165, 1.54) is 11.8 Å². The van der Waals surface area contributed by atoms with Crippen molar-refractivity contribution in [3.63, 3.8) is 0 Å². The molecule has 2 saturated heterocycles. The van der Waals surface area contributed by atoms with E-state index >= 15 is 0 Å². The van der Waals surface area contributed by atoms with E-state index in [0.717, 1.165) is 24.2 Å². The summed E-state index contributed by atoms with van der Waals surface area (Å²) in [6.07, 6.45) is 3.55. The number of hydrogen-bond acceptors (Lipinski definition) is 7. The van der Waals surface area contributed by atoms with Crippen LogP contribution in [0, 0.1) is 18.3 Å². The Kier molecular flexibility index (Phi) is 7.57. The number of unbranched alkanes of at least 4 members (excludes halogenated alkanes) is 1. The minimum absolute atomic E-state index is 0.0358. The summed E-state index contributed by atoms with van der Waals surface area (Å²) < 4.78 is 7.74. The monoisotopic (exact) mass is 460 g/mol. The number of pyridine rings is 1. The van der Waals surface area contributed by atoms with E-state index in [9.17, 15) is 14.9 Å². The van der Waals surface area contributed by atoms with Gasteiger partial charge < -0.3 is 9.64 Å². The molecule has 1 aromatic rings. The van der Waals surface area contributed by atoms with Crippen LogP contribution in [-0.2, 0) is 16.1 Å². The Morgan fingerprint density at radius 3 is 2.52 bits per heavy atom. The molecule has 1 aromatic heterocycles. The van der Waals surface area contributed by atoms with Crippen LogP contribution < -0.4 is 10.5 Å². The van der Waals surface area contributed by atoms with Gasteiger partial charge in [-0.3, -0.25) is 19.1 Å². The lowest BCUT2D eigenvalue weighted by Gasteiger charge is -2.33. The molecule has 0 bridgehead atoms. The van der Waals surface area contributed by atoms with E-state index in [-0.39, 0.29) is 23.1 Å². The van der Waals surface area contributed by atoms with Gasteiger partial charge in [-0.15, -0.1) is 0 Å². The van der Waals surface area contributed by atoms with Gasteiger partial charge in [-0.25, -0.2) is 0 Å². The molecule has 166 valence electrons. The minimum Gasteiger partial charge on any atom is -0.378 e. The van der Waals surface area contributed by atoms with Crippen molar-refractivity contribution in [1.29, 1.82) is 5.26 Å². The highest BCUT2D eigenvalue weighted by Crippen LogP contribution is 2.36. The molecule has 0 spiro atoms. The number of anilines is 1. The lowest BCUT2D eigenvalue weighted by molar-refractivity contribution is -0.123. The summed E-state index contributed by atoms with van der Waals surface area (Å²) in [5.74, 6) is 0.621. The third-order valence-electron chi connectivity index (χ3n) is 5.51. The number of carbonyl (C=O) groups is 1. The van der Waals surface area contributed by atoms with Crippen molar-refractivity contribution >= 4 is 46.1 Å². The lowest BCUT2D eigenvalue weighted by atomic mass is 10.0. The van der Waals surface area contributed by atoms with Gasteiger partial charge in [0, 0.05) is 31.2 Å². The first-order chi connectivity index (χ1) is 14.8. The van der Waals surface area contributed by atoms with Gasteiger partial charge in [0.15, 0.2) is 0 Å². The highest BCUT2D eigenvalue weighted by Gasteiger charge is 2.35. The molecule has 0 radical (unpaired) electrons. The van der Waals surface area contributed by atoms with Crippen LogP contribution in [0.5, 0.6) is 0 Å². The van der Waals surface area contributed by atoms with Crippen LogP contribution in [0.3, 0.4) is 0 Å². The maximum absolute atomic E-state index is 13.2. The van der Waals surface area contributed by atoms with Crippen molar-refractivity contribution in [2.45, 2.75) is 53.1 Å². The van der Waals surface area contributed by atoms with Gasteiger partial charge in [0.25, 0.3) is 11.5 Å². The average Bonchev–Trinajstić information content (AvgIpc) is 3.03. The highest BCUT2D eigenvalue weighted by atomic mass is 32.2. The molecule has 7 nitrogen and oxygen atoms in total. The van der Waals surface area contributed by atoms with Crippen molar-refractivity contribution in [2.75, 3.05) is 31.2 Å². The number of aromatic nitrogens is 1. The van der Waals surface area contributed by atoms with E-state index in [4.69, 9.17) is 17.0 Å². The van der Waals surface area contributed by atoms with Crippen LogP contribution in [0.2, 0.25) is 0 Å². The fourth-order valence-corrected chi connectivity index (χ4v) is 5.35. The maximum Gasteiger partial charge on any atom is 0.270 e. The normalized spacial score (nSPS) is 18.4. The summed E-state index contributed by atoms with van der Waals surface area (Å²) in [6.45, 7) is 10.6. The van der Waals surface area contributed by atoms with Crippen LogP contribution >= 0.6 is 24.0 Å². The van der Waals surface area contributed by atoms with Crippen LogP contribution in [-0.4, -0.2) is 52.0 Å². The molecule has 0 unspecified atom stereocenters. The van der Waals surface area contributed by atoms with Gasteiger partial charge in [0.05, 0.1) is 18.1 Å². The molecule has 3 heterocycles. The van der Waals surface area contributed by atoms with E-state index in [1.54, 1.807) is 16.4 Å². The number of thioether (sulfide) groups is 1. The summed E-state index contributed by atoms with van der Waals surface area (Å²) in [5, 5.41) is 9.73. The van der Waals surface area contributed by atoms with E-state index in [2.05, 4.69) is 17.9 Å². The van der Waals surface area contributed by atoms with E-state index < -0.39 is 0 Å². The number of amides is 1. The first-order valence-corrected chi connectivity index (χ1v) is 11.8. The second-order valence-corrected chi connectivity index (χ2v) is 9.58. The molecule has 31 heavy (non-hydrogen) atoms. The molecule has 3 rings (SSSR count). The molecule has 2 aliphatic rings. The second-order valence-electron chi connectivity index (χ2n) is 7.90. The third kappa shape index (κ3) is 4.56. The Labute approximate surface area is 192 Å². The number of morpholine rings is 1. The molecule has 0 aromatic carbocycles. The average molecular weight is 461 g/mol. The van der Waals surface area contributed by atoms with Gasteiger partial charge in [-0.1, -0.05) is 37.3 Å². The smallest absolute Gasteiger partial charge is 0.270 e. The first kappa shape index (κ1) is 23.5. The summed E-state index contributed by atoms with van der Waals surface area (Å²) in [6, 6.07) is 2.05. The first-order valence-electron chi connectivity index (χ1n) is 10.6. The second kappa shape index (κ2) is 9.98. The van der Waals surface area contributed by atoms with Crippen LogP contribution in [0.4, 0.5) is 5.82 Å².